The van der Waals surface area contributed by atoms with E-state index in [4.69, 9.17) is 10.5 Å². The maximum Gasteiger partial charge on any atom is 0.213 e. The molecule has 2 aliphatic rings. The number of halogens is 2. The zero-order valence-corrected chi connectivity index (χ0v) is 21.5. The van der Waals surface area contributed by atoms with Gasteiger partial charge < -0.3 is 10.5 Å². The molecule has 2 aromatic carbocycles. The third kappa shape index (κ3) is 5.69. The highest BCUT2D eigenvalue weighted by atomic mass is 19.1. The number of likely N-dealkylation sites (tertiary alicyclic amines) is 1. The molecule has 0 spiro atoms. The van der Waals surface area contributed by atoms with Crippen molar-refractivity contribution in [1.29, 1.82) is 0 Å². The Kier molecular flexibility index (Phi) is 7.85. The summed E-state index contributed by atoms with van der Waals surface area (Å²) >= 11 is 0. The van der Waals surface area contributed by atoms with Crippen LogP contribution < -0.4 is 10.5 Å². The molecule has 1 saturated heterocycles. The third-order valence-electron chi connectivity index (χ3n) is 7.45. The molecule has 6 heteroatoms. The molecule has 1 aromatic heterocycles. The van der Waals surface area contributed by atoms with Crippen LogP contribution in [0.3, 0.4) is 0 Å². The van der Waals surface area contributed by atoms with E-state index >= 15 is 0 Å². The summed E-state index contributed by atoms with van der Waals surface area (Å²) in [6, 6.07) is 16.1. The van der Waals surface area contributed by atoms with Crippen molar-refractivity contribution in [2.24, 2.45) is 0 Å². The first-order valence-corrected chi connectivity index (χ1v) is 13.2. The zero-order valence-electron chi connectivity index (χ0n) is 21.5. The predicted octanol–water partition coefficient (Wildman–Crippen LogP) is 6.55. The first-order valence-electron chi connectivity index (χ1n) is 13.2. The van der Waals surface area contributed by atoms with Gasteiger partial charge >= 0.3 is 0 Å². The van der Waals surface area contributed by atoms with Gasteiger partial charge in [-0.25, -0.2) is 9.37 Å². The molecule has 4 nitrogen and oxygen atoms in total. The number of alkyl halides is 2. The summed E-state index contributed by atoms with van der Waals surface area (Å²) in [4.78, 5) is 6.92. The summed E-state index contributed by atoms with van der Waals surface area (Å²) in [5.74, 6) is 0.592. The van der Waals surface area contributed by atoms with E-state index in [0.29, 0.717) is 12.3 Å². The maximum absolute atomic E-state index is 14.2. The normalized spacial score (nSPS) is 18.1. The Morgan fingerprint density at radius 2 is 1.92 bits per heavy atom. The van der Waals surface area contributed by atoms with Crippen LogP contribution in [0, 0.1) is 6.92 Å². The molecule has 0 radical (unpaired) electrons. The highest BCUT2D eigenvalue weighted by Gasteiger charge is 2.25. The van der Waals surface area contributed by atoms with Crippen LogP contribution in [0.25, 0.3) is 11.1 Å². The van der Waals surface area contributed by atoms with Gasteiger partial charge in [-0.05, 0) is 90.6 Å². The van der Waals surface area contributed by atoms with E-state index < -0.39 is 6.67 Å². The third-order valence-corrected chi connectivity index (χ3v) is 7.45. The van der Waals surface area contributed by atoms with Crippen molar-refractivity contribution in [2.75, 3.05) is 32.0 Å². The minimum Gasteiger partial charge on any atom is -0.473 e. The van der Waals surface area contributed by atoms with E-state index in [1.54, 1.807) is 0 Å². The van der Waals surface area contributed by atoms with Crippen molar-refractivity contribution >= 4 is 16.8 Å². The summed E-state index contributed by atoms with van der Waals surface area (Å²) < 4.78 is 32.8. The van der Waals surface area contributed by atoms with Crippen molar-refractivity contribution < 1.29 is 13.5 Å². The molecule has 0 saturated carbocycles. The molecule has 2 heterocycles. The number of hydrogen-bond donors (Lipinski definition) is 1. The molecule has 0 amide bonds. The Labute approximate surface area is 218 Å². The fourth-order valence-electron chi connectivity index (χ4n) is 5.68. The molecule has 1 aliphatic heterocycles. The SMILES string of the molecule is Cc1ccc(C2=C(c3ccc(OC4CCN(CCCF)C4)nc3)c3ccc(N)cc3CCC2)c(CF)c1. The van der Waals surface area contributed by atoms with Gasteiger partial charge in [0.2, 0.25) is 5.88 Å². The lowest BCUT2D eigenvalue weighted by atomic mass is 9.86. The van der Waals surface area contributed by atoms with Gasteiger partial charge in [0, 0.05) is 43.1 Å². The quantitative estimate of drug-likeness (QED) is 0.354. The van der Waals surface area contributed by atoms with E-state index in [1.807, 2.05) is 31.3 Å². The van der Waals surface area contributed by atoms with Crippen molar-refractivity contribution in [2.45, 2.75) is 51.8 Å². The number of nitrogen functional groups attached to an aromatic ring is 1. The van der Waals surface area contributed by atoms with E-state index in [0.717, 1.165) is 90.0 Å². The predicted molar refractivity (Wildman–Crippen MR) is 146 cm³/mol. The number of benzene rings is 2. The number of aryl methyl sites for hydroxylation is 2. The smallest absolute Gasteiger partial charge is 0.213 e. The van der Waals surface area contributed by atoms with Gasteiger partial charge in [-0.15, -0.1) is 0 Å². The van der Waals surface area contributed by atoms with E-state index in [-0.39, 0.29) is 12.8 Å². The summed E-state index contributed by atoms with van der Waals surface area (Å²) in [6.07, 6.45) is 6.14. The summed E-state index contributed by atoms with van der Waals surface area (Å²) in [6.45, 7) is 3.70. The average molecular weight is 504 g/mol. The lowest BCUT2D eigenvalue weighted by Crippen LogP contribution is -2.26. The first-order chi connectivity index (χ1) is 18.1. The van der Waals surface area contributed by atoms with Crippen LogP contribution in [-0.2, 0) is 13.1 Å². The van der Waals surface area contributed by atoms with Gasteiger partial charge in [0.15, 0.2) is 0 Å². The lowest BCUT2D eigenvalue weighted by Gasteiger charge is -2.19. The highest BCUT2D eigenvalue weighted by Crippen LogP contribution is 2.41. The lowest BCUT2D eigenvalue weighted by molar-refractivity contribution is 0.191. The largest absolute Gasteiger partial charge is 0.473 e. The Balaban J connectivity index is 1.50. The van der Waals surface area contributed by atoms with Gasteiger partial charge in [0.05, 0.1) is 6.67 Å². The van der Waals surface area contributed by atoms with Crippen LogP contribution in [0.1, 0.15) is 59.1 Å². The number of fused-ring (bicyclic) bond motifs is 1. The average Bonchev–Trinajstić information content (AvgIpc) is 3.27. The molecule has 194 valence electrons. The van der Waals surface area contributed by atoms with Crippen LogP contribution in [0.2, 0.25) is 0 Å². The molecule has 1 fully saturated rings. The van der Waals surface area contributed by atoms with Gasteiger partial charge in [-0.3, -0.25) is 9.29 Å². The number of rotatable bonds is 8. The fourth-order valence-corrected chi connectivity index (χ4v) is 5.68. The summed E-state index contributed by atoms with van der Waals surface area (Å²) in [5, 5.41) is 0. The number of allylic oxidation sites excluding steroid dienone is 1. The number of anilines is 1. The van der Waals surface area contributed by atoms with Gasteiger partial charge in [-0.1, -0.05) is 29.8 Å². The number of hydrogen-bond acceptors (Lipinski definition) is 4. The molecule has 5 rings (SSSR count). The van der Waals surface area contributed by atoms with Gasteiger partial charge in [0.25, 0.3) is 0 Å². The molecule has 2 N–H and O–H groups in total. The van der Waals surface area contributed by atoms with Crippen LogP contribution in [0.5, 0.6) is 5.88 Å². The van der Waals surface area contributed by atoms with Gasteiger partial charge in [0.1, 0.15) is 12.8 Å². The topological polar surface area (TPSA) is 51.4 Å². The monoisotopic (exact) mass is 503 g/mol. The van der Waals surface area contributed by atoms with Crippen molar-refractivity contribution in [3.63, 3.8) is 0 Å². The highest BCUT2D eigenvalue weighted by molar-refractivity contribution is 6.00. The second-order valence-corrected chi connectivity index (χ2v) is 10.2. The molecule has 1 unspecified atom stereocenters. The maximum atomic E-state index is 14.2. The molecule has 0 bridgehead atoms. The number of nitrogens with two attached hydrogens (primary N) is 1. The van der Waals surface area contributed by atoms with Crippen LogP contribution in [-0.4, -0.2) is 42.3 Å². The summed E-state index contributed by atoms with van der Waals surface area (Å²) in [7, 11) is 0. The molecular weight excluding hydrogens is 468 g/mol. The molecule has 1 aliphatic carbocycles. The first kappa shape index (κ1) is 25.4. The number of ether oxygens (including phenoxy) is 1. The fraction of sp³-hybridized carbons (Fsp3) is 0.387. The Morgan fingerprint density at radius 3 is 2.70 bits per heavy atom. The van der Waals surface area contributed by atoms with E-state index in [1.165, 1.54) is 5.56 Å². The second-order valence-electron chi connectivity index (χ2n) is 10.2. The van der Waals surface area contributed by atoms with Crippen LogP contribution in [0.4, 0.5) is 14.5 Å². The number of aromatic nitrogens is 1. The van der Waals surface area contributed by atoms with E-state index in [9.17, 15) is 8.78 Å². The van der Waals surface area contributed by atoms with Crippen LogP contribution in [0.15, 0.2) is 54.7 Å². The molecule has 1 atom stereocenters. The Bertz CT molecular complexity index is 1270. The Morgan fingerprint density at radius 1 is 1.05 bits per heavy atom. The second kappa shape index (κ2) is 11.4. The standard InChI is InChI=1S/C31H35F2N3O/c1-21-6-9-27(24(16-21)18-33)29-5-2-4-22-17-25(34)8-10-28(22)31(29)23-7-11-30(35-19-23)37-26-12-15-36(20-26)14-3-13-32/h6-11,16-17,19,26H,2-5,12-15,18,20,34H2,1H3. The minimum atomic E-state index is -0.503. The minimum absolute atomic E-state index is 0.0639. The molecule has 37 heavy (non-hydrogen) atoms. The molecular formula is C31H35F2N3O. The summed E-state index contributed by atoms with van der Waals surface area (Å²) in [5.41, 5.74) is 15.2. The van der Waals surface area contributed by atoms with Crippen molar-refractivity contribution in [3.05, 3.63) is 88.1 Å². The van der Waals surface area contributed by atoms with Crippen molar-refractivity contribution in [1.82, 2.24) is 9.88 Å². The molecule has 3 aromatic rings. The van der Waals surface area contributed by atoms with Crippen LogP contribution >= 0.6 is 0 Å². The zero-order chi connectivity index (χ0) is 25.8. The van der Waals surface area contributed by atoms with Crippen molar-refractivity contribution in [3.8, 4) is 5.88 Å². The number of pyridine rings is 1. The van der Waals surface area contributed by atoms with Gasteiger partial charge in [-0.2, -0.15) is 0 Å². The van der Waals surface area contributed by atoms with E-state index in [2.05, 4.69) is 40.2 Å². The number of nitrogens with zero attached hydrogens (tertiary/aromatic N) is 2. The Hall–Kier alpha value is -3.25.